The van der Waals surface area contributed by atoms with Gasteiger partial charge in [-0.2, -0.15) is 5.10 Å². The summed E-state index contributed by atoms with van der Waals surface area (Å²) in [7, 11) is 1.82. The second-order valence-electron chi connectivity index (χ2n) is 7.86. The van der Waals surface area contributed by atoms with Crippen LogP contribution in [0.2, 0.25) is 0 Å². The number of carbonyl (C=O) groups excluding carboxylic acids is 1. The summed E-state index contributed by atoms with van der Waals surface area (Å²) in [6, 6.07) is 15.5. The fraction of sp³-hybridized carbons (Fsp3) is 0.261. The van der Waals surface area contributed by atoms with E-state index in [0.717, 1.165) is 27.9 Å². The normalized spacial score (nSPS) is 13.9. The predicted molar refractivity (Wildman–Crippen MR) is 129 cm³/mol. The number of nitrogens with zero attached hydrogens (tertiary/aromatic N) is 7. The first-order valence-corrected chi connectivity index (χ1v) is 11.6. The zero-order chi connectivity index (χ0) is 22.8. The van der Waals surface area contributed by atoms with Crippen molar-refractivity contribution in [3.8, 4) is 10.6 Å². The maximum Gasteiger partial charge on any atom is 0.272 e. The lowest BCUT2D eigenvalue weighted by Gasteiger charge is -2.35. The molecule has 1 aliphatic rings. The van der Waals surface area contributed by atoms with Gasteiger partial charge in [0.05, 0.1) is 4.88 Å². The number of amides is 1. The van der Waals surface area contributed by atoms with Gasteiger partial charge >= 0.3 is 0 Å². The summed E-state index contributed by atoms with van der Waals surface area (Å²) in [4.78, 5) is 22.6. The van der Waals surface area contributed by atoms with Crippen molar-refractivity contribution in [1.29, 1.82) is 0 Å². The van der Waals surface area contributed by atoms with Crippen molar-refractivity contribution in [3.05, 3.63) is 65.3 Å². The number of piperazine rings is 1. The standard InChI is InChI=1S/C23H24N8OS/c1-16-5-3-7-20(24-16)25-21-8-9-22(27-26-21)30-10-12-31(13-11-30)23(32)18-15-17(28-29(18)2)19-6-4-14-33-19/h3-9,14-15H,10-13H2,1-2H3,(H,24,25,26). The van der Waals surface area contributed by atoms with Crippen LogP contribution in [0.3, 0.4) is 0 Å². The summed E-state index contributed by atoms with van der Waals surface area (Å²) in [6.07, 6.45) is 0. The molecule has 1 saturated heterocycles. The predicted octanol–water partition coefficient (Wildman–Crippen LogP) is 3.35. The van der Waals surface area contributed by atoms with Gasteiger partial charge in [0, 0.05) is 38.9 Å². The van der Waals surface area contributed by atoms with E-state index in [2.05, 4.69) is 30.5 Å². The fourth-order valence-electron chi connectivity index (χ4n) is 3.82. The highest BCUT2D eigenvalue weighted by Gasteiger charge is 2.25. The highest BCUT2D eigenvalue weighted by atomic mass is 32.1. The second-order valence-corrected chi connectivity index (χ2v) is 8.81. The number of aromatic nitrogens is 5. The van der Waals surface area contributed by atoms with Crippen molar-refractivity contribution < 1.29 is 4.79 Å². The van der Waals surface area contributed by atoms with E-state index >= 15 is 0 Å². The van der Waals surface area contributed by atoms with E-state index in [4.69, 9.17) is 0 Å². The molecule has 5 rings (SSSR count). The lowest BCUT2D eigenvalue weighted by atomic mass is 10.2. The van der Waals surface area contributed by atoms with Crippen LogP contribution in [0.15, 0.2) is 53.9 Å². The Bertz CT molecular complexity index is 1240. The van der Waals surface area contributed by atoms with Gasteiger partial charge in [-0.15, -0.1) is 21.5 Å². The minimum atomic E-state index is 0.00347. The summed E-state index contributed by atoms with van der Waals surface area (Å²) in [5.74, 6) is 2.18. The Kier molecular flexibility index (Phi) is 5.74. The Hall–Kier alpha value is -3.79. The Balaban J connectivity index is 1.20. The number of nitrogens with one attached hydrogen (secondary N) is 1. The van der Waals surface area contributed by atoms with Crippen LogP contribution in [-0.4, -0.2) is 61.9 Å². The van der Waals surface area contributed by atoms with Crippen molar-refractivity contribution in [2.45, 2.75) is 6.92 Å². The van der Waals surface area contributed by atoms with Crippen LogP contribution in [-0.2, 0) is 7.05 Å². The van der Waals surface area contributed by atoms with Crippen molar-refractivity contribution >= 4 is 34.7 Å². The molecule has 1 N–H and O–H groups in total. The number of anilines is 3. The van der Waals surface area contributed by atoms with Gasteiger partial charge in [0.2, 0.25) is 0 Å². The molecule has 0 spiro atoms. The number of pyridine rings is 1. The van der Waals surface area contributed by atoms with E-state index in [1.54, 1.807) is 16.0 Å². The summed E-state index contributed by atoms with van der Waals surface area (Å²) >= 11 is 1.62. The summed E-state index contributed by atoms with van der Waals surface area (Å²) in [5, 5.41) is 18.3. The lowest BCUT2D eigenvalue weighted by molar-refractivity contribution is 0.0735. The molecule has 0 aliphatic carbocycles. The Morgan fingerprint density at radius 3 is 2.55 bits per heavy atom. The highest BCUT2D eigenvalue weighted by molar-refractivity contribution is 7.13. The van der Waals surface area contributed by atoms with Crippen molar-refractivity contribution in [3.63, 3.8) is 0 Å². The molecule has 0 atom stereocenters. The molecule has 5 heterocycles. The Labute approximate surface area is 195 Å². The zero-order valence-corrected chi connectivity index (χ0v) is 19.3. The second kappa shape index (κ2) is 8.99. The van der Waals surface area contributed by atoms with Gasteiger partial charge in [-0.05, 0) is 48.7 Å². The quantitative estimate of drug-likeness (QED) is 0.488. The third-order valence-electron chi connectivity index (χ3n) is 5.56. The average molecular weight is 461 g/mol. The van der Waals surface area contributed by atoms with Gasteiger partial charge in [-0.1, -0.05) is 12.1 Å². The molecule has 0 bridgehead atoms. The van der Waals surface area contributed by atoms with E-state index in [-0.39, 0.29) is 5.91 Å². The first-order valence-electron chi connectivity index (χ1n) is 10.7. The van der Waals surface area contributed by atoms with Gasteiger partial charge in [-0.25, -0.2) is 4.98 Å². The molecule has 10 heteroatoms. The molecular formula is C23H24N8OS. The smallest absolute Gasteiger partial charge is 0.272 e. The summed E-state index contributed by atoms with van der Waals surface area (Å²) < 4.78 is 1.67. The number of thiophene rings is 1. The molecule has 0 saturated carbocycles. The van der Waals surface area contributed by atoms with Crippen LogP contribution in [0, 0.1) is 6.92 Å². The third kappa shape index (κ3) is 4.56. The average Bonchev–Trinajstić information content (AvgIpc) is 3.49. The monoisotopic (exact) mass is 460 g/mol. The van der Waals surface area contributed by atoms with Gasteiger partial charge in [0.1, 0.15) is 17.2 Å². The van der Waals surface area contributed by atoms with Crippen LogP contribution in [0.1, 0.15) is 16.2 Å². The first kappa shape index (κ1) is 21.1. The lowest BCUT2D eigenvalue weighted by Crippen LogP contribution is -2.49. The van der Waals surface area contributed by atoms with E-state index in [1.165, 1.54) is 0 Å². The molecule has 9 nitrogen and oxygen atoms in total. The molecule has 0 aromatic carbocycles. The van der Waals surface area contributed by atoms with Crippen LogP contribution >= 0.6 is 11.3 Å². The topological polar surface area (TPSA) is 92.1 Å². The fourth-order valence-corrected chi connectivity index (χ4v) is 4.50. The number of rotatable bonds is 5. The van der Waals surface area contributed by atoms with Crippen LogP contribution in [0.4, 0.5) is 17.5 Å². The Morgan fingerprint density at radius 2 is 1.85 bits per heavy atom. The number of carbonyl (C=O) groups is 1. The van der Waals surface area contributed by atoms with E-state index in [0.29, 0.717) is 37.7 Å². The Morgan fingerprint density at radius 1 is 1.00 bits per heavy atom. The molecule has 1 fully saturated rings. The zero-order valence-electron chi connectivity index (χ0n) is 18.5. The molecule has 168 valence electrons. The number of aryl methyl sites for hydroxylation is 2. The molecule has 4 aromatic rings. The molecule has 0 unspecified atom stereocenters. The van der Waals surface area contributed by atoms with Gasteiger partial charge in [-0.3, -0.25) is 9.48 Å². The van der Waals surface area contributed by atoms with Crippen molar-refractivity contribution in [1.82, 2.24) is 29.9 Å². The largest absolute Gasteiger partial charge is 0.352 e. The highest BCUT2D eigenvalue weighted by Crippen LogP contribution is 2.25. The number of hydrogen-bond acceptors (Lipinski definition) is 8. The van der Waals surface area contributed by atoms with Gasteiger partial charge in [0.25, 0.3) is 5.91 Å². The van der Waals surface area contributed by atoms with E-state index in [9.17, 15) is 4.79 Å². The SMILES string of the molecule is Cc1cccc(Nc2ccc(N3CCN(C(=O)c4cc(-c5cccs5)nn4C)CC3)nn2)n1. The maximum absolute atomic E-state index is 13.1. The molecule has 4 aromatic heterocycles. The van der Waals surface area contributed by atoms with E-state index < -0.39 is 0 Å². The van der Waals surface area contributed by atoms with Crippen LogP contribution in [0.25, 0.3) is 10.6 Å². The van der Waals surface area contributed by atoms with E-state index in [1.807, 2.05) is 72.8 Å². The molecule has 0 radical (unpaired) electrons. The van der Waals surface area contributed by atoms with Crippen LogP contribution in [0.5, 0.6) is 0 Å². The molecule has 1 amide bonds. The number of hydrogen-bond donors (Lipinski definition) is 1. The van der Waals surface area contributed by atoms with Crippen LogP contribution < -0.4 is 10.2 Å². The maximum atomic E-state index is 13.1. The van der Waals surface area contributed by atoms with Crippen molar-refractivity contribution in [2.75, 3.05) is 36.4 Å². The van der Waals surface area contributed by atoms with Gasteiger partial charge < -0.3 is 15.1 Å². The molecular weight excluding hydrogens is 436 g/mol. The molecule has 1 aliphatic heterocycles. The summed E-state index contributed by atoms with van der Waals surface area (Å²) in [5.41, 5.74) is 2.37. The van der Waals surface area contributed by atoms with Crippen molar-refractivity contribution in [2.24, 2.45) is 7.05 Å². The minimum absolute atomic E-state index is 0.00347. The minimum Gasteiger partial charge on any atom is -0.352 e. The first-order chi connectivity index (χ1) is 16.1. The molecule has 33 heavy (non-hydrogen) atoms. The third-order valence-corrected chi connectivity index (χ3v) is 6.45. The summed E-state index contributed by atoms with van der Waals surface area (Å²) in [6.45, 7) is 4.58. The van der Waals surface area contributed by atoms with Gasteiger partial charge in [0.15, 0.2) is 11.6 Å².